The first-order valence-electron chi connectivity index (χ1n) is 5.32. The molecule has 2 N–H and O–H groups in total. The lowest BCUT2D eigenvalue weighted by molar-refractivity contribution is -0.137. The summed E-state index contributed by atoms with van der Waals surface area (Å²) in [6, 6.07) is 6.82. The molecule has 0 fully saturated rings. The van der Waals surface area contributed by atoms with Gasteiger partial charge in [0.1, 0.15) is 5.82 Å². The molecule has 96 valence electrons. The first-order valence-corrected chi connectivity index (χ1v) is 5.32. The molecule has 0 aliphatic rings. The molecule has 2 aromatic rings. The van der Waals surface area contributed by atoms with Gasteiger partial charge in [0.2, 0.25) is 0 Å². The van der Waals surface area contributed by atoms with Crippen molar-refractivity contribution in [2.24, 2.45) is 0 Å². The summed E-state index contributed by atoms with van der Waals surface area (Å²) < 4.78 is 39.1. The minimum Gasteiger partial charge on any atom is -0.384 e. The Morgan fingerprint density at radius 1 is 1.28 bits per heavy atom. The van der Waals surface area contributed by atoms with Crippen molar-refractivity contribution in [1.29, 1.82) is 0 Å². The Kier molecular flexibility index (Phi) is 3.02. The average molecular weight is 255 g/mol. The van der Waals surface area contributed by atoms with Crippen LogP contribution in [0.4, 0.5) is 19.0 Å². The Hall–Kier alpha value is -1.98. The van der Waals surface area contributed by atoms with Gasteiger partial charge in [-0.25, -0.2) is 4.68 Å². The van der Waals surface area contributed by atoms with Crippen LogP contribution < -0.4 is 5.73 Å². The van der Waals surface area contributed by atoms with Crippen LogP contribution in [0.1, 0.15) is 16.8 Å². The summed E-state index contributed by atoms with van der Waals surface area (Å²) in [6.07, 6.45) is -4.33. The van der Waals surface area contributed by atoms with E-state index in [1.165, 1.54) is 10.7 Å². The zero-order valence-electron chi connectivity index (χ0n) is 9.70. The van der Waals surface area contributed by atoms with E-state index in [1.54, 1.807) is 19.1 Å². The highest BCUT2D eigenvalue weighted by atomic mass is 19.4. The fraction of sp³-hybridized carbons (Fsp3) is 0.250. The zero-order valence-corrected chi connectivity index (χ0v) is 9.70. The van der Waals surface area contributed by atoms with Crippen molar-refractivity contribution in [2.75, 3.05) is 5.73 Å². The number of aromatic nitrogens is 2. The Labute approximate surface area is 102 Å². The Balaban J connectivity index is 2.27. The van der Waals surface area contributed by atoms with E-state index in [4.69, 9.17) is 5.73 Å². The second kappa shape index (κ2) is 4.36. The van der Waals surface area contributed by atoms with Crippen molar-refractivity contribution in [2.45, 2.75) is 19.6 Å². The van der Waals surface area contributed by atoms with Crippen LogP contribution in [0.25, 0.3) is 0 Å². The minimum absolute atomic E-state index is 0.226. The van der Waals surface area contributed by atoms with Gasteiger partial charge in [0.25, 0.3) is 0 Å². The molecule has 0 aliphatic carbocycles. The molecule has 1 aromatic carbocycles. The molecular weight excluding hydrogens is 243 g/mol. The fourth-order valence-electron chi connectivity index (χ4n) is 1.71. The highest BCUT2D eigenvalue weighted by Crippen LogP contribution is 2.29. The second-order valence-electron chi connectivity index (χ2n) is 4.07. The van der Waals surface area contributed by atoms with Gasteiger partial charge in [-0.05, 0) is 24.6 Å². The third-order valence-corrected chi connectivity index (χ3v) is 2.52. The number of nitrogens with two attached hydrogens (primary N) is 1. The first-order chi connectivity index (χ1) is 8.36. The van der Waals surface area contributed by atoms with Crippen molar-refractivity contribution in [3.63, 3.8) is 0 Å². The minimum atomic E-state index is -4.33. The van der Waals surface area contributed by atoms with Gasteiger partial charge in [0.05, 0.1) is 17.8 Å². The molecule has 0 spiro atoms. The lowest BCUT2D eigenvalue weighted by Gasteiger charge is -2.09. The molecule has 2 rings (SSSR count). The van der Waals surface area contributed by atoms with Crippen molar-refractivity contribution in [3.05, 3.63) is 47.2 Å². The molecular formula is C12H12F3N3. The number of hydrogen-bond donors (Lipinski definition) is 1. The molecule has 0 saturated carbocycles. The fourth-order valence-corrected chi connectivity index (χ4v) is 1.71. The van der Waals surface area contributed by atoms with Gasteiger partial charge < -0.3 is 5.73 Å². The normalized spacial score (nSPS) is 11.8. The molecule has 6 heteroatoms. The lowest BCUT2D eigenvalue weighted by Crippen LogP contribution is -2.09. The molecule has 3 nitrogen and oxygen atoms in total. The Morgan fingerprint density at radius 2 is 2.00 bits per heavy atom. The van der Waals surface area contributed by atoms with Crippen LogP contribution in [0.3, 0.4) is 0 Å². The number of nitrogens with zero attached hydrogens (tertiary/aromatic N) is 2. The number of rotatable bonds is 2. The molecule has 0 atom stereocenters. The van der Waals surface area contributed by atoms with E-state index in [0.29, 0.717) is 11.4 Å². The molecule has 0 amide bonds. The van der Waals surface area contributed by atoms with Gasteiger partial charge in [-0.2, -0.15) is 18.3 Å². The van der Waals surface area contributed by atoms with E-state index in [-0.39, 0.29) is 6.54 Å². The largest absolute Gasteiger partial charge is 0.416 e. The summed E-state index contributed by atoms with van der Waals surface area (Å²) in [4.78, 5) is 0. The Morgan fingerprint density at radius 3 is 2.56 bits per heavy atom. The number of alkyl halides is 3. The van der Waals surface area contributed by atoms with Crippen LogP contribution in [0, 0.1) is 6.92 Å². The smallest absolute Gasteiger partial charge is 0.384 e. The number of nitrogen functional groups attached to an aromatic ring is 1. The third-order valence-electron chi connectivity index (χ3n) is 2.52. The van der Waals surface area contributed by atoms with Crippen LogP contribution in [0.15, 0.2) is 30.3 Å². The topological polar surface area (TPSA) is 43.8 Å². The summed E-state index contributed by atoms with van der Waals surface area (Å²) in [5.41, 5.74) is 6.28. The molecule has 0 radical (unpaired) electrons. The lowest BCUT2D eigenvalue weighted by atomic mass is 10.1. The summed E-state index contributed by atoms with van der Waals surface area (Å²) >= 11 is 0. The highest BCUT2D eigenvalue weighted by molar-refractivity contribution is 5.32. The predicted octanol–water partition coefficient (Wildman–Crippen LogP) is 2.84. The van der Waals surface area contributed by atoms with E-state index in [1.807, 2.05) is 0 Å². The quantitative estimate of drug-likeness (QED) is 0.896. The van der Waals surface area contributed by atoms with Crippen LogP contribution in [-0.2, 0) is 12.7 Å². The van der Waals surface area contributed by atoms with E-state index in [9.17, 15) is 13.2 Å². The summed E-state index contributed by atoms with van der Waals surface area (Å²) in [5.74, 6) is 0.435. The molecule has 1 aromatic heterocycles. The van der Waals surface area contributed by atoms with E-state index in [2.05, 4.69) is 5.10 Å². The van der Waals surface area contributed by atoms with Crippen LogP contribution in [-0.4, -0.2) is 9.78 Å². The summed E-state index contributed by atoms with van der Waals surface area (Å²) in [7, 11) is 0. The van der Waals surface area contributed by atoms with E-state index < -0.39 is 11.7 Å². The van der Waals surface area contributed by atoms with Gasteiger partial charge in [-0.15, -0.1) is 0 Å². The Bertz CT molecular complexity index is 558. The van der Waals surface area contributed by atoms with Gasteiger partial charge >= 0.3 is 6.18 Å². The highest BCUT2D eigenvalue weighted by Gasteiger charge is 2.30. The van der Waals surface area contributed by atoms with Gasteiger partial charge in [-0.3, -0.25) is 0 Å². The number of hydrogen-bond acceptors (Lipinski definition) is 2. The van der Waals surface area contributed by atoms with E-state index >= 15 is 0 Å². The number of aryl methyl sites for hydroxylation is 1. The van der Waals surface area contributed by atoms with Crippen LogP contribution in [0.2, 0.25) is 0 Å². The molecule has 0 aliphatic heterocycles. The van der Waals surface area contributed by atoms with Crippen molar-refractivity contribution >= 4 is 5.82 Å². The number of halogens is 3. The van der Waals surface area contributed by atoms with Crippen molar-refractivity contribution < 1.29 is 13.2 Å². The number of anilines is 1. The average Bonchev–Trinajstić information content (AvgIpc) is 2.56. The second-order valence-corrected chi connectivity index (χ2v) is 4.07. The van der Waals surface area contributed by atoms with Crippen LogP contribution in [0.5, 0.6) is 0 Å². The maximum Gasteiger partial charge on any atom is 0.416 e. The summed E-state index contributed by atoms with van der Waals surface area (Å²) in [5, 5.41) is 4.11. The van der Waals surface area contributed by atoms with E-state index in [0.717, 1.165) is 17.8 Å². The number of benzene rings is 1. The van der Waals surface area contributed by atoms with Gasteiger partial charge in [0.15, 0.2) is 0 Å². The van der Waals surface area contributed by atoms with Crippen molar-refractivity contribution in [1.82, 2.24) is 9.78 Å². The first kappa shape index (κ1) is 12.5. The maximum absolute atomic E-state index is 12.5. The molecule has 18 heavy (non-hydrogen) atoms. The van der Waals surface area contributed by atoms with Crippen LogP contribution >= 0.6 is 0 Å². The standard InChI is InChI=1S/C12H12F3N3/c1-8-5-11(16)18(17-8)7-9-3-2-4-10(6-9)12(13,14)15/h2-6H,7,16H2,1H3. The SMILES string of the molecule is Cc1cc(N)n(Cc2cccc(C(F)(F)F)c2)n1. The monoisotopic (exact) mass is 255 g/mol. The summed E-state index contributed by atoms with van der Waals surface area (Å²) in [6.45, 7) is 2.00. The van der Waals surface area contributed by atoms with Gasteiger partial charge in [0, 0.05) is 6.07 Å². The maximum atomic E-state index is 12.5. The molecule has 0 unspecified atom stereocenters. The third kappa shape index (κ3) is 2.64. The zero-order chi connectivity index (χ0) is 13.3. The molecule has 0 saturated heterocycles. The predicted molar refractivity (Wildman–Crippen MR) is 61.9 cm³/mol. The van der Waals surface area contributed by atoms with Gasteiger partial charge in [-0.1, -0.05) is 12.1 Å². The molecule has 1 heterocycles. The van der Waals surface area contributed by atoms with Crippen molar-refractivity contribution in [3.8, 4) is 0 Å². The molecule has 0 bridgehead atoms.